The monoisotopic (exact) mass is 220 g/mol. The molecule has 5 heteroatoms. The van der Waals surface area contributed by atoms with Gasteiger partial charge in [-0.1, -0.05) is 0 Å². The SMILES string of the molecule is COC(=O)c1ccn(-c2ccc(F)cc2)n1. The van der Waals surface area contributed by atoms with Gasteiger partial charge in [0.25, 0.3) is 0 Å². The molecule has 4 nitrogen and oxygen atoms in total. The first-order chi connectivity index (χ1) is 7.70. The quantitative estimate of drug-likeness (QED) is 0.725. The number of aromatic nitrogens is 2. The van der Waals surface area contributed by atoms with Gasteiger partial charge < -0.3 is 4.74 Å². The maximum absolute atomic E-state index is 12.7. The van der Waals surface area contributed by atoms with Crippen molar-refractivity contribution in [1.82, 2.24) is 9.78 Å². The molecule has 0 N–H and O–H groups in total. The van der Waals surface area contributed by atoms with Crippen molar-refractivity contribution < 1.29 is 13.9 Å². The summed E-state index contributed by atoms with van der Waals surface area (Å²) in [5.74, 6) is -0.815. The number of benzene rings is 1. The maximum Gasteiger partial charge on any atom is 0.358 e. The first-order valence-corrected chi connectivity index (χ1v) is 4.60. The van der Waals surface area contributed by atoms with Crippen LogP contribution in [-0.2, 0) is 4.74 Å². The van der Waals surface area contributed by atoms with E-state index in [4.69, 9.17) is 0 Å². The van der Waals surface area contributed by atoms with Crippen molar-refractivity contribution in [3.05, 3.63) is 48.0 Å². The van der Waals surface area contributed by atoms with Crippen molar-refractivity contribution in [3.8, 4) is 5.69 Å². The number of carbonyl (C=O) groups is 1. The molecular formula is C11H9FN2O2. The second-order valence-electron chi connectivity index (χ2n) is 3.11. The summed E-state index contributed by atoms with van der Waals surface area (Å²) in [4.78, 5) is 11.2. The highest BCUT2D eigenvalue weighted by Gasteiger charge is 2.09. The number of ether oxygens (including phenoxy) is 1. The summed E-state index contributed by atoms with van der Waals surface area (Å²) in [5.41, 5.74) is 0.892. The fourth-order valence-corrected chi connectivity index (χ4v) is 1.27. The number of hydrogen-bond donors (Lipinski definition) is 0. The third kappa shape index (κ3) is 1.93. The second-order valence-corrected chi connectivity index (χ2v) is 3.11. The predicted octanol–water partition coefficient (Wildman–Crippen LogP) is 1.80. The number of rotatable bonds is 2. The van der Waals surface area contributed by atoms with E-state index < -0.39 is 5.97 Å². The minimum Gasteiger partial charge on any atom is -0.464 e. The zero-order valence-corrected chi connectivity index (χ0v) is 8.55. The predicted molar refractivity (Wildman–Crippen MR) is 54.9 cm³/mol. The summed E-state index contributed by atoms with van der Waals surface area (Å²) < 4.78 is 18.7. The topological polar surface area (TPSA) is 44.1 Å². The van der Waals surface area contributed by atoms with Gasteiger partial charge in [-0.3, -0.25) is 0 Å². The van der Waals surface area contributed by atoms with Gasteiger partial charge in [0.15, 0.2) is 5.69 Å². The largest absolute Gasteiger partial charge is 0.464 e. The lowest BCUT2D eigenvalue weighted by Gasteiger charge is -2.00. The number of carbonyl (C=O) groups excluding carboxylic acids is 1. The Balaban J connectivity index is 2.31. The molecule has 0 unspecified atom stereocenters. The van der Waals surface area contributed by atoms with Crippen LogP contribution in [0.4, 0.5) is 4.39 Å². The Morgan fingerprint density at radius 3 is 2.62 bits per heavy atom. The van der Waals surface area contributed by atoms with E-state index in [2.05, 4.69) is 9.84 Å². The zero-order chi connectivity index (χ0) is 11.5. The Morgan fingerprint density at radius 1 is 1.31 bits per heavy atom. The van der Waals surface area contributed by atoms with Crippen LogP contribution in [0.1, 0.15) is 10.5 Å². The van der Waals surface area contributed by atoms with Gasteiger partial charge in [0, 0.05) is 6.20 Å². The molecule has 0 saturated carbocycles. The van der Waals surface area contributed by atoms with Crippen LogP contribution in [0.15, 0.2) is 36.5 Å². The Hall–Kier alpha value is -2.17. The highest BCUT2D eigenvalue weighted by Crippen LogP contribution is 2.09. The molecule has 0 aliphatic heterocycles. The van der Waals surface area contributed by atoms with Gasteiger partial charge >= 0.3 is 5.97 Å². The highest BCUT2D eigenvalue weighted by molar-refractivity contribution is 5.86. The van der Waals surface area contributed by atoms with Gasteiger partial charge in [-0.15, -0.1) is 0 Å². The molecule has 0 radical (unpaired) electrons. The van der Waals surface area contributed by atoms with Crippen molar-refractivity contribution in [2.45, 2.75) is 0 Å². The third-order valence-corrected chi connectivity index (χ3v) is 2.07. The van der Waals surface area contributed by atoms with E-state index in [0.29, 0.717) is 5.69 Å². The summed E-state index contributed by atoms with van der Waals surface area (Å²) >= 11 is 0. The maximum atomic E-state index is 12.7. The van der Waals surface area contributed by atoms with Crippen molar-refractivity contribution in [3.63, 3.8) is 0 Å². The molecule has 0 fully saturated rings. The molecule has 2 rings (SSSR count). The van der Waals surface area contributed by atoms with Crippen LogP contribution in [0.5, 0.6) is 0 Å². The van der Waals surface area contributed by atoms with Gasteiger partial charge in [0.2, 0.25) is 0 Å². The molecule has 0 aliphatic carbocycles. The van der Waals surface area contributed by atoms with Crippen LogP contribution in [0, 0.1) is 5.82 Å². The molecule has 0 aliphatic rings. The zero-order valence-electron chi connectivity index (χ0n) is 8.55. The molecule has 16 heavy (non-hydrogen) atoms. The molecule has 0 saturated heterocycles. The number of halogens is 1. The molecule has 0 amide bonds. The van der Waals surface area contributed by atoms with E-state index in [1.54, 1.807) is 18.3 Å². The van der Waals surface area contributed by atoms with Crippen molar-refractivity contribution in [2.24, 2.45) is 0 Å². The van der Waals surface area contributed by atoms with E-state index in [1.807, 2.05) is 0 Å². The third-order valence-electron chi connectivity index (χ3n) is 2.07. The van der Waals surface area contributed by atoms with Crippen molar-refractivity contribution >= 4 is 5.97 Å². The average molecular weight is 220 g/mol. The van der Waals surface area contributed by atoms with E-state index in [1.165, 1.54) is 30.0 Å². The van der Waals surface area contributed by atoms with Crippen LogP contribution in [0.2, 0.25) is 0 Å². The van der Waals surface area contributed by atoms with Gasteiger partial charge in [-0.2, -0.15) is 5.10 Å². The lowest BCUT2D eigenvalue weighted by molar-refractivity contribution is 0.0593. The van der Waals surface area contributed by atoms with Gasteiger partial charge in [-0.05, 0) is 30.3 Å². The summed E-state index contributed by atoms with van der Waals surface area (Å²) in [6.07, 6.45) is 1.61. The van der Waals surface area contributed by atoms with E-state index in [9.17, 15) is 9.18 Å². The minimum atomic E-state index is -0.499. The van der Waals surface area contributed by atoms with Crippen LogP contribution < -0.4 is 0 Å². The second kappa shape index (κ2) is 4.14. The Morgan fingerprint density at radius 2 is 2.00 bits per heavy atom. The van der Waals surface area contributed by atoms with Crippen LogP contribution in [-0.4, -0.2) is 22.9 Å². The minimum absolute atomic E-state index is 0.215. The standard InChI is InChI=1S/C11H9FN2O2/c1-16-11(15)10-6-7-14(13-10)9-4-2-8(12)3-5-9/h2-7H,1H3. The van der Waals surface area contributed by atoms with Gasteiger partial charge in [0.05, 0.1) is 12.8 Å². The number of hydrogen-bond acceptors (Lipinski definition) is 3. The Labute approximate surface area is 91.3 Å². The highest BCUT2D eigenvalue weighted by atomic mass is 19.1. The molecule has 1 aromatic heterocycles. The van der Waals surface area contributed by atoms with E-state index >= 15 is 0 Å². The molecule has 1 heterocycles. The summed E-state index contributed by atoms with van der Waals surface area (Å²) in [7, 11) is 1.29. The lowest BCUT2D eigenvalue weighted by atomic mass is 10.3. The fraction of sp³-hybridized carbons (Fsp3) is 0.0909. The summed E-state index contributed by atoms with van der Waals surface area (Å²) in [5, 5.41) is 4.00. The normalized spacial score (nSPS) is 10.1. The van der Waals surface area contributed by atoms with Gasteiger partial charge in [-0.25, -0.2) is 13.9 Å². The number of methoxy groups -OCH3 is 1. The van der Waals surface area contributed by atoms with Gasteiger partial charge in [0.1, 0.15) is 5.82 Å². The smallest absolute Gasteiger partial charge is 0.358 e. The van der Waals surface area contributed by atoms with Crippen LogP contribution >= 0.6 is 0 Å². The van der Waals surface area contributed by atoms with Crippen molar-refractivity contribution in [1.29, 1.82) is 0 Å². The molecule has 0 atom stereocenters. The van der Waals surface area contributed by atoms with Crippen LogP contribution in [0.3, 0.4) is 0 Å². The summed E-state index contributed by atoms with van der Waals surface area (Å²) in [6, 6.07) is 7.34. The number of esters is 1. The molecule has 1 aromatic carbocycles. The Bertz CT molecular complexity index is 505. The molecule has 2 aromatic rings. The molecule has 82 valence electrons. The number of nitrogens with zero attached hydrogens (tertiary/aromatic N) is 2. The van der Waals surface area contributed by atoms with Crippen molar-refractivity contribution in [2.75, 3.05) is 7.11 Å². The first kappa shape index (κ1) is 10.4. The average Bonchev–Trinajstić information content (AvgIpc) is 2.78. The Kier molecular flexibility index (Phi) is 2.68. The van der Waals surface area contributed by atoms with E-state index in [0.717, 1.165) is 0 Å². The lowest BCUT2D eigenvalue weighted by Crippen LogP contribution is -2.03. The first-order valence-electron chi connectivity index (χ1n) is 4.60. The molecule has 0 spiro atoms. The molecular weight excluding hydrogens is 211 g/mol. The van der Waals surface area contributed by atoms with Crippen LogP contribution in [0.25, 0.3) is 5.69 Å². The van der Waals surface area contributed by atoms with E-state index in [-0.39, 0.29) is 11.5 Å². The fourth-order valence-electron chi connectivity index (χ4n) is 1.27. The summed E-state index contributed by atoms with van der Waals surface area (Å²) in [6.45, 7) is 0. The molecule has 0 bridgehead atoms.